The molecular formula is C22H25NO4. The van der Waals surface area contributed by atoms with Crippen molar-refractivity contribution in [3.05, 3.63) is 53.1 Å². The summed E-state index contributed by atoms with van der Waals surface area (Å²) in [5, 5.41) is 2.86. The number of aryl methyl sites for hydroxylation is 1. The number of nitrogens with one attached hydrogen (secondary N) is 1. The van der Waals surface area contributed by atoms with E-state index in [1.807, 2.05) is 45.0 Å². The molecule has 0 saturated heterocycles. The predicted molar refractivity (Wildman–Crippen MR) is 105 cm³/mol. The highest BCUT2D eigenvalue weighted by Gasteiger charge is 2.22. The van der Waals surface area contributed by atoms with Crippen molar-refractivity contribution in [3.63, 3.8) is 0 Å². The molecule has 2 aromatic carbocycles. The molecular weight excluding hydrogens is 342 g/mol. The molecule has 5 heteroatoms. The lowest BCUT2D eigenvalue weighted by Gasteiger charge is -2.13. The summed E-state index contributed by atoms with van der Waals surface area (Å²) in [6.45, 7) is 6.39. The van der Waals surface area contributed by atoms with Gasteiger partial charge in [0.05, 0.1) is 12.3 Å². The highest BCUT2D eigenvalue weighted by atomic mass is 16.5. The Morgan fingerprint density at radius 2 is 1.93 bits per heavy atom. The van der Waals surface area contributed by atoms with E-state index >= 15 is 0 Å². The van der Waals surface area contributed by atoms with Crippen molar-refractivity contribution in [1.82, 2.24) is 0 Å². The second kappa shape index (κ2) is 8.25. The second-order valence-electron chi connectivity index (χ2n) is 6.86. The molecule has 2 aromatic rings. The summed E-state index contributed by atoms with van der Waals surface area (Å²) in [4.78, 5) is 24.6. The molecule has 3 rings (SSSR count). The minimum atomic E-state index is -0.220. The van der Waals surface area contributed by atoms with Crippen molar-refractivity contribution in [2.75, 3.05) is 11.9 Å². The Bertz CT molecular complexity index is 842. The van der Waals surface area contributed by atoms with Gasteiger partial charge >= 0.3 is 0 Å². The number of amides is 1. The zero-order valence-electron chi connectivity index (χ0n) is 16.0. The maximum Gasteiger partial charge on any atom is 0.224 e. The molecule has 142 valence electrons. The Morgan fingerprint density at radius 3 is 2.63 bits per heavy atom. The second-order valence-corrected chi connectivity index (χ2v) is 6.86. The number of fused-ring (bicyclic) bond motifs is 1. The van der Waals surface area contributed by atoms with Crippen LogP contribution in [-0.4, -0.2) is 24.4 Å². The zero-order chi connectivity index (χ0) is 19.4. The zero-order valence-corrected chi connectivity index (χ0v) is 16.0. The normalized spacial score (nSPS) is 15.0. The molecule has 0 fully saturated rings. The first-order valence-electron chi connectivity index (χ1n) is 9.32. The van der Waals surface area contributed by atoms with Crippen molar-refractivity contribution in [2.45, 2.75) is 46.1 Å². The van der Waals surface area contributed by atoms with E-state index in [9.17, 15) is 9.59 Å². The smallest absolute Gasteiger partial charge is 0.224 e. The van der Waals surface area contributed by atoms with E-state index in [1.165, 1.54) is 0 Å². The third-order valence-electron chi connectivity index (χ3n) is 4.52. The Hall–Kier alpha value is -2.82. The predicted octanol–water partition coefficient (Wildman–Crippen LogP) is 4.32. The lowest BCUT2D eigenvalue weighted by molar-refractivity contribution is -0.116. The van der Waals surface area contributed by atoms with Crippen LogP contribution in [0.3, 0.4) is 0 Å². The lowest BCUT2D eigenvalue weighted by Crippen LogP contribution is -2.14. The number of carbonyl (C=O) groups is 2. The fourth-order valence-electron chi connectivity index (χ4n) is 3.14. The molecule has 1 aliphatic heterocycles. The molecule has 0 saturated carbocycles. The molecule has 1 aliphatic rings. The number of carbonyl (C=O) groups excluding carboxylic acids is 2. The molecule has 0 spiro atoms. The van der Waals surface area contributed by atoms with E-state index in [0.29, 0.717) is 23.6 Å². The van der Waals surface area contributed by atoms with Crippen LogP contribution in [0.2, 0.25) is 0 Å². The van der Waals surface area contributed by atoms with E-state index in [-0.39, 0.29) is 30.6 Å². The van der Waals surface area contributed by atoms with Crippen LogP contribution in [-0.2, 0) is 11.2 Å². The molecule has 0 unspecified atom stereocenters. The van der Waals surface area contributed by atoms with E-state index in [0.717, 1.165) is 23.3 Å². The summed E-state index contributed by atoms with van der Waals surface area (Å²) >= 11 is 0. The van der Waals surface area contributed by atoms with Crippen molar-refractivity contribution < 1.29 is 19.1 Å². The van der Waals surface area contributed by atoms with Crippen molar-refractivity contribution in [3.8, 4) is 11.5 Å². The first-order valence-corrected chi connectivity index (χ1v) is 9.32. The molecule has 1 atom stereocenters. The van der Waals surface area contributed by atoms with Gasteiger partial charge in [-0.25, -0.2) is 0 Å². The average Bonchev–Trinajstić information content (AvgIpc) is 2.99. The van der Waals surface area contributed by atoms with Crippen molar-refractivity contribution in [2.24, 2.45) is 0 Å². The number of ketones is 1. The molecule has 1 heterocycles. The van der Waals surface area contributed by atoms with Gasteiger partial charge in [0, 0.05) is 36.5 Å². The van der Waals surface area contributed by atoms with Crippen LogP contribution in [0.1, 0.15) is 48.2 Å². The summed E-state index contributed by atoms with van der Waals surface area (Å²) < 4.78 is 11.4. The van der Waals surface area contributed by atoms with Gasteiger partial charge in [0.2, 0.25) is 5.91 Å². The highest BCUT2D eigenvalue weighted by molar-refractivity contribution is 6.00. The lowest BCUT2D eigenvalue weighted by atomic mass is 10.0. The summed E-state index contributed by atoms with van der Waals surface area (Å²) in [7, 11) is 0. The summed E-state index contributed by atoms with van der Waals surface area (Å²) in [5.74, 6) is 1.15. The Morgan fingerprint density at radius 1 is 1.19 bits per heavy atom. The number of hydrogen-bond acceptors (Lipinski definition) is 4. The Kier molecular flexibility index (Phi) is 5.79. The molecule has 0 bridgehead atoms. The summed E-state index contributed by atoms with van der Waals surface area (Å²) in [6.07, 6.45) is 1.23. The molecule has 1 N–H and O–H groups in total. The van der Waals surface area contributed by atoms with Crippen molar-refractivity contribution >= 4 is 17.4 Å². The molecule has 0 radical (unpaired) electrons. The van der Waals surface area contributed by atoms with Gasteiger partial charge in [0.1, 0.15) is 17.6 Å². The monoisotopic (exact) mass is 367 g/mol. The number of benzene rings is 2. The SMILES string of the molecule is CCOc1cc2c(cc1NC(=O)CCC(=O)c1ccc(C)cc1)O[C@@H](C)C2. The van der Waals surface area contributed by atoms with Crippen LogP contribution in [0.25, 0.3) is 0 Å². The fraction of sp³-hybridized carbons (Fsp3) is 0.364. The van der Waals surface area contributed by atoms with E-state index in [1.54, 1.807) is 12.1 Å². The number of ether oxygens (including phenoxy) is 2. The number of Topliss-reactive ketones (excluding diaryl/α,β-unsaturated/α-hetero) is 1. The molecule has 1 amide bonds. The molecule has 5 nitrogen and oxygen atoms in total. The topological polar surface area (TPSA) is 64.6 Å². The minimum Gasteiger partial charge on any atom is -0.492 e. The van der Waals surface area contributed by atoms with Gasteiger partial charge in [0.25, 0.3) is 0 Å². The Balaban J connectivity index is 1.64. The summed E-state index contributed by atoms with van der Waals surface area (Å²) in [6, 6.07) is 11.1. The van der Waals surface area contributed by atoms with Gasteiger partial charge in [-0.05, 0) is 26.8 Å². The van der Waals surface area contributed by atoms with Crippen LogP contribution in [0, 0.1) is 6.92 Å². The van der Waals surface area contributed by atoms with Gasteiger partial charge in [-0.2, -0.15) is 0 Å². The van der Waals surface area contributed by atoms with Crippen LogP contribution < -0.4 is 14.8 Å². The molecule has 0 aliphatic carbocycles. The van der Waals surface area contributed by atoms with E-state index in [2.05, 4.69) is 5.32 Å². The van der Waals surface area contributed by atoms with Crippen LogP contribution in [0.15, 0.2) is 36.4 Å². The summed E-state index contributed by atoms with van der Waals surface area (Å²) in [5.41, 5.74) is 3.39. The highest BCUT2D eigenvalue weighted by Crippen LogP contribution is 2.38. The van der Waals surface area contributed by atoms with Gasteiger partial charge < -0.3 is 14.8 Å². The third kappa shape index (κ3) is 4.67. The quantitative estimate of drug-likeness (QED) is 0.740. The maximum atomic E-state index is 12.4. The van der Waals surface area contributed by atoms with Gasteiger partial charge in [-0.3, -0.25) is 9.59 Å². The third-order valence-corrected chi connectivity index (χ3v) is 4.52. The van der Waals surface area contributed by atoms with Crippen LogP contribution >= 0.6 is 0 Å². The van der Waals surface area contributed by atoms with Gasteiger partial charge in [-0.1, -0.05) is 29.8 Å². The van der Waals surface area contributed by atoms with Crippen molar-refractivity contribution in [1.29, 1.82) is 0 Å². The molecule has 27 heavy (non-hydrogen) atoms. The largest absolute Gasteiger partial charge is 0.492 e. The van der Waals surface area contributed by atoms with Gasteiger partial charge in [0.15, 0.2) is 5.78 Å². The molecule has 0 aromatic heterocycles. The minimum absolute atomic E-state index is 0.0405. The van der Waals surface area contributed by atoms with Crippen LogP contribution in [0.4, 0.5) is 5.69 Å². The van der Waals surface area contributed by atoms with Crippen LogP contribution in [0.5, 0.6) is 11.5 Å². The average molecular weight is 367 g/mol. The van der Waals surface area contributed by atoms with Gasteiger partial charge in [-0.15, -0.1) is 0 Å². The standard InChI is InChI=1S/C22H25NO4/c1-4-26-21-12-17-11-15(3)27-20(17)13-18(21)23-22(25)10-9-19(24)16-7-5-14(2)6-8-16/h5-8,12-13,15H,4,9-11H2,1-3H3,(H,23,25)/t15-/m0/s1. The van der Waals surface area contributed by atoms with E-state index in [4.69, 9.17) is 9.47 Å². The first-order chi connectivity index (χ1) is 13.0. The Labute approximate surface area is 159 Å². The number of hydrogen-bond donors (Lipinski definition) is 1. The maximum absolute atomic E-state index is 12.4. The first kappa shape index (κ1) is 19.0. The van der Waals surface area contributed by atoms with E-state index < -0.39 is 0 Å². The number of anilines is 1. The number of rotatable bonds is 7. The fourth-order valence-corrected chi connectivity index (χ4v) is 3.14.